The molecule has 0 spiro atoms. The summed E-state index contributed by atoms with van der Waals surface area (Å²) in [6, 6.07) is 9.72. The molecule has 0 aliphatic rings. The van der Waals surface area contributed by atoms with Crippen LogP contribution in [0.1, 0.15) is 22.3 Å². The quantitative estimate of drug-likeness (QED) is 0.404. The number of methoxy groups -OCH3 is 2. The van der Waals surface area contributed by atoms with Crippen molar-refractivity contribution in [1.82, 2.24) is 15.3 Å². The molecule has 9 heteroatoms. The molecule has 4 aromatic rings. The van der Waals surface area contributed by atoms with Gasteiger partial charge in [0.25, 0.3) is 5.91 Å². The highest BCUT2D eigenvalue weighted by atomic mass is 32.1. The van der Waals surface area contributed by atoms with E-state index in [9.17, 15) is 14.3 Å². The largest absolute Gasteiger partial charge is 0.493 e. The number of imidazole rings is 1. The second-order valence-corrected chi connectivity index (χ2v) is 7.62. The van der Waals surface area contributed by atoms with Crippen molar-refractivity contribution in [3.05, 3.63) is 65.2 Å². The Hall–Kier alpha value is -3.43. The number of ether oxygens (including phenoxy) is 2. The lowest BCUT2D eigenvalue weighted by atomic mass is 10.1. The molecular formula is C22H20FN3O4S. The average molecular weight is 441 g/mol. The number of hydrogen-bond donors (Lipinski definition) is 3. The Morgan fingerprint density at radius 3 is 2.84 bits per heavy atom. The van der Waals surface area contributed by atoms with Crippen LogP contribution < -0.4 is 14.8 Å². The first-order valence-electron chi connectivity index (χ1n) is 9.41. The summed E-state index contributed by atoms with van der Waals surface area (Å²) in [7, 11) is 3.00. The first kappa shape index (κ1) is 20.8. The number of carbonyl (C=O) groups is 1. The van der Waals surface area contributed by atoms with Gasteiger partial charge in [-0.1, -0.05) is 12.1 Å². The van der Waals surface area contributed by atoms with Gasteiger partial charge in [0.15, 0.2) is 11.5 Å². The van der Waals surface area contributed by atoms with E-state index in [0.717, 1.165) is 10.9 Å². The van der Waals surface area contributed by atoms with Crippen LogP contribution in [0.5, 0.6) is 11.5 Å². The van der Waals surface area contributed by atoms with Gasteiger partial charge in [-0.3, -0.25) is 4.79 Å². The zero-order chi connectivity index (χ0) is 22.0. The summed E-state index contributed by atoms with van der Waals surface area (Å²) in [5, 5.41) is 15.7. The van der Waals surface area contributed by atoms with Gasteiger partial charge >= 0.3 is 0 Å². The number of benzene rings is 2. The molecule has 2 aromatic heterocycles. The van der Waals surface area contributed by atoms with Crippen LogP contribution >= 0.6 is 11.3 Å². The predicted molar refractivity (Wildman–Crippen MR) is 116 cm³/mol. The minimum Gasteiger partial charge on any atom is -0.493 e. The van der Waals surface area contributed by atoms with Crippen molar-refractivity contribution >= 4 is 27.3 Å². The Morgan fingerprint density at radius 1 is 1.26 bits per heavy atom. The lowest BCUT2D eigenvalue weighted by molar-refractivity contribution is 0.0911. The van der Waals surface area contributed by atoms with Crippen LogP contribution in [-0.4, -0.2) is 41.7 Å². The minimum absolute atomic E-state index is 0.0425. The number of thiophene rings is 1. The number of aromatic nitrogens is 2. The molecule has 0 radical (unpaired) electrons. The molecule has 1 atom stereocenters. The monoisotopic (exact) mass is 441 g/mol. The molecule has 0 aliphatic heterocycles. The Bertz CT molecular complexity index is 1240. The van der Waals surface area contributed by atoms with Crippen LogP contribution in [0.3, 0.4) is 0 Å². The van der Waals surface area contributed by atoms with Crippen molar-refractivity contribution in [3.63, 3.8) is 0 Å². The van der Waals surface area contributed by atoms with Gasteiger partial charge in [-0.25, -0.2) is 9.37 Å². The molecule has 0 saturated carbocycles. The van der Waals surface area contributed by atoms with Crippen LogP contribution in [0, 0.1) is 5.82 Å². The summed E-state index contributed by atoms with van der Waals surface area (Å²) >= 11 is 1.31. The fourth-order valence-corrected chi connectivity index (χ4v) is 4.21. The van der Waals surface area contributed by atoms with Crippen LogP contribution in [0.2, 0.25) is 0 Å². The maximum absolute atomic E-state index is 13.9. The van der Waals surface area contributed by atoms with Crippen molar-refractivity contribution < 1.29 is 23.8 Å². The van der Waals surface area contributed by atoms with Gasteiger partial charge in [0.1, 0.15) is 17.7 Å². The van der Waals surface area contributed by atoms with Gasteiger partial charge in [-0.05, 0) is 24.3 Å². The second kappa shape index (κ2) is 8.75. The Kier molecular flexibility index (Phi) is 5.88. The molecular weight excluding hydrogens is 421 g/mol. The molecule has 0 bridgehead atoms. The lowest BCUT2D eigenvalue weighted by Crippen LogP contribution is -2.28. The third kappa shape index (κ3) is 4.10. The first-order chi connectivity index (χ1) is 15.0. The fraction of sp³-hybridized carbons (Fsp3) is 0.182. The van der Waals surface area contributed by atoms with Crippen molar-refractivity contribution in [2.24, 2.45) is 0 Å². The van der Waals surface area contributed by atoms with E-state index < -0.39 is 6.10 Å². The van der Waals surface area contributed by atoms with Gasteiger partial charge in [0.05, 0.1) is 37.4 Å². The summed E-state index contributed by atoms with van der Waals surface area (Å²) < 4.78 is 24.9. The summed E-state index contributed by atoms with van der Waals surface area (Å²) in [4.78, 5) is 19.7. The van der Waals surface area contributed by atoms with E-state index >= 15 is 0 Å². The van der Waals surface area contributed by atoms with Crippen molar-refractivity contribution in [3.8, 4) is 22.8 Å². The zero-order valence-electron chi connectivity index (χ0n) is 16.8. The van der Waals surface area contributed by atoms with Crippen LogP contribution in [0.4, 0.5) is 4.39 Å². The van der Waals surface area contributed by atoms with Crippen molar-refractivity contribution in [1.29, 1.82) is 0 Å². The minimum atomic E-state index is -1.04. The number of aliphatic hydroxyl groups excluding tert-OH is 1. The predicted octanol–water partition coefficient (Wildman–Crippen LogP) is 3.91. The number of nitrogens with zero attached hydrogens (tertiary/aromatic N) is 1. The normalized spacial score (nSPS) is 12.0. The third-order valence-electron chi connectivity index (χ3n) is 4.85. The highest BCUT2D eigenvalue weighted by molar-refractivity contribution is 7.17. The molecule has 1 amide bonds. The van der Waals surface area contributed by atoms with E-state index in [2.05, 4.69) is 15.3 Å². The molecule has 31 heavy (non-hydrogen) atoms. The van der Waals surface area contributed by atoms with E-state index in [1.807, 2.05) is 11.4 Å². The van der Waals surface area contributed by atoms with Crippen LogP contribution in [0.15, 0.2) is 48.0 Å². The molecule has 160 valence electrons. The van der Waals surface area contributed by atoms with Crippen LogP contribution in [-0.2, 0) is 0 Å². The number of halogens is 1. The van der Waals surface area contributed by atoms with Gasteiger partial charge in [0, 0.05) is 21.9 Å². The number of aliphatic hydroxyl groups is 1. The van der Waals surface area contributed by atoms with Gasteiger partial charge < -0.3 is 24.9 Å². The van der Waals surface area contributed by atoms with E-state index in [1.165, 1.54) is 31.6 Å². The third-order valence-corrected chi connectivity index (χ3v) is 5.86. The summed E-state index contributed by atoms with van der Waals surface area (Å²) in [6.07, 6.45) is 0.542. The molecule has 1 unspecified atom stereocenters. The Morgan fingerprint density at radius 2 is 2.06 bits per heavy atom. The highest BCUT2D eigenvalue weighted by Crippen LogP contribution is 2.34. The highest BCUT2D eigenvalue weighted by Gasteiger charge is 2.17. The fourth-order valence-electron chi connectivity index (χ4n) is 3.24. The van der Waals surface area contributed by atoms with Gasteiger partial charge in [-0.15, -0.1) is 11.3 Å². The van der Waals surface area contributed by atoms with E-state index in [1.54, 1.807) is 30.5 Å². The number of carbonyl (C=O) groups excluding carboxylic acids is 1. The lowest BCUT2D eigenvalue weighted by Gasteiger charge is -2.12. The first-order valence-corrected chi connectivity index (χ1v) is 10.3. The molecule has 4 rings (SSSR count). The van der Waals surface area contributed by atoms with E-state index in [4.69, 9.17) is 9.47 Å². The summed E-state index contributed by atoms with van der Waals surface area (Å²) in [5.41, 5.74) is 1.84. The second-order valence-electron chi connectivity index (χ2n) is 6.74. The number of nitrogens with one attached hydrogen (secondary N) is 2. The van der Waals surface area contributed by atoms with Gasteiger partial charge in [0.2, 0.25) is 0 Å². The Balaban J connectivity index is 1.45. The average Bonchev–Trinajstić information content (AvgIpc) is 3.44. The number of fused-ring (bicyclic) bond motifs is 1. The van der Waals surface area contributed by atoms with Crippen LogP contribution in [0.25, 0.3) is 21.3 Å². The van der Waals surface area contributed by atoms with Gasteiger partial charge in [-0.2, -0.15) is 0 Å². The molecule has 7 nitrogen and oxygen atoms in total. The van der Waals surface area contributed by atoms with E-state index in [-0.39, 0.29) is 18.3 Å². The summed E-state index contributed by atoms with van der Waals surface area (Å²) in [5.74, 6) is 0.615. The smallest absolute Gasteiger partial charge is 0.251 e. The molecule has 0 fully saturated rings. The SMILES string of the molecule is COc1ccc(C(=O)NCC(O)c2ncc(-c3csc4c(F)cccc34)[nH]2)cc1OC. The zero-order valence-corrected chi connectivity index (χ0v) is 17.6. The number of amides is 1. The molecule has 0 aliphatic carbocycles. The molecule has 2 aromatic carbocycles. The Labute approximate surface area is 181 Å². The maximum atomic E-state index is 13.9. The molecule has 2 heterocycles. The van der Waals surface area contributed by atoms with Crippen molar-refractivity contribution in [2.45, 2.75) is 6.10 Å². The topological polar surface area (TPSA) is 96.5 Å². The number of rotatable bonds is 7. The molecule has 0 saturated heterocycles. The van der Waals surface area contributed by atoms with Crippen molar-refractivity contribution in [2.75, 3.05) is 20.8 Å². The standard InChI is InChI=1S/C22H20FN3O4S/c1-29-18-7-6-12(8-19(18)30-2)22(28)25-10-17(27)21-24-9-16(26-21)14-11-31-20-13(14)4-3-5-15(20)23/h3-9,11,17,27H,10H2,1-2H3,(H,24,26)(H,25,28). The maximum Gasteiger partial charge on any atom is 0.251 e. The number of hydrogen-bond acceptors (Lipinski definition) is 6. The number of aromatic amines is 1. The summed E-state index contributed by atoms with van der Waals surface area (Å²) in [6.45, 7) is -0.0425. The molecule has 3 N–H and O–H groups in total. The van der Waals surface area contributed by atoms with E-state index in [0.29, 0.717) is 33.3 Å². The number of H-pyrrole nitrogens is 1.